The highest BCUT2D eigenvalue weighted by atomic mass is 35.5. The molecular formula is C27H30Cl2FN3O3. The van der Waals surface area contributed by atoms with Crippen LogP contribution in [0.3, 0.4) is 0 Å². The molecule has 2 aromatic carbocycles. The van der Waals surface area contributed by atoms with Crippen molar-refractivity contribution in [3.05, 3.63) is 63.4 Å². The summed E-state index contributed by atoms with van der Waals surface area (Å²) in [5.41, 5.74) is -0.0414. The van der Waals surface area contributed by atoms with Crippen LogP contribution < -0.4 is 16.0 Å². The Labute approximate surface area is 219 Å². The zero-order chi connectivity index (χ0) is 26.0. The van der Waals surface area contributed by atoms with Gasteiger partial charge >= 0.3 is 0 Å². The Morgan fingerprint density at radius 2 is 1.94 bits per heavy atom. The van der Waals surface area contributed by atoms with E-state index in [1.807, 2.05) is 0 Å². The summed E-state index contributed by atoms with van der Waals surface area (Å²) in [5, 5.41) is 19.5. The largest absolute Gasteiger partial charge is 0.393 e. The van der Waals surface area contributed by atoms with Gasteiger partial charge in [-0.3, -0.25) is 9.59 Å². The molecule has 0 bridgehead atoms. The van der Waals surface area contributed by atoms with Crippen LogP contribution in [0.15, 0.2) is 36.4 Å². The molecule has 2 fully saturated rings. The molecule has 1 saturated heterocycles. The summed E-state index contributed by atoms with van der Waals surface area (Å²) in [6.45, 7) is 6.20. The van der Waals surface area contributed by atoms with Crippen molar-refractivity contribution in [2.45, 2.75) is 75.6 Å². The van der Waals surface area contributed by atoms with Gasteiger partial charge in [0, 0.05) is 28.7 Å². The monoisotopic (exact) mass is 533 g/mol. The maximum atomic E-state index is 15.7. The van der Waals surface area contributed by atoms with Gasteiger partial charge in [-0.1, -0.05) is 62.2 Å². The number of benzene rings is 2. The first-order valence-electron chi connectivity index (χ1n) is 12.2. The molecule has 0 radical (unpaired) electrons. The summed E-state index contributed by atoms with van der Waals surface area (Å²) in [5.74, 6) is -2.16. The van der Waals surface area contributed by atoms with Gasteiger partial charge in [0.25, 0.3) is 0 Å². The van der Waals surface area contributed by atoms with Gasteiger partial charge in [0.15, 0.2) is 0 Å². The number of anilines is 1. The molecule has 4 N–H and O–H groups in total. The standard InChI is InChI=1S/C27H30Cl2FN3O3/c1-26(2,3)12-20-27(17-8-7-13(28)9-19(17)32-25(27)36)21(16-5-4-6-18(29)22(16)30)23(33-20)24(35)31-14-10-15(34)11-14/h4-9,14-15,20-21,23,33-34H,10-12H2,1-3H3,(H,31,35)(H,32,36)/t14-,15+,20-,21+,23-,27+/m1/s1. The summed E-state index contributed by atoms with van der Waals surface area (Å²) >= 11 is 12.5. The predicted molar refractivity (Wildman–Crippen MR) is 138 cm³/mol. The van der Waals surface area contributed by atoms with Gasteiger partial charge < -0.3 is 21.1 Å². The highest BCUT2D eigenvalue weighted by Crippen LogP contribution is 2.57. The predicted octanol–water partition coefficient (Wildman–Crippen LogP) is 4.52. The maximum Gasteiger partial charge on any atom is 0.238 e. The van der Waals surface area contributed by atoms with Crippen LogP contribution >= 0.6 is 23.2 Å². The topological polar surface area (TPSA) is 90.5 Å². The number of aliphatic hydroxyl groups excluding tert-OH is 1. The second-order valence-corrected chi connectivity index (χ2v) is 12.3. The lowest BCUT2D eigenvalue weighted by Gasteiger charge is -2.38. The fourth-order valence-electron chi connectivity index (χ4n) is 6.15. The maximum absolute atomic E-state index is 15.7. The number of hydrogen-bond acceptors (Lipinski definition) is 4. The molecule has 6 nitrogen and oxygen atoms in total. The summed E-state index contributed by atoms with van der Waals surface area (Å²) in [4.78, 5) is 27.7. The van der Waals surface area contributed by atoms with E-state index in [4.69, 9.17) is 23.2 Å². The zero-order valence-electron chi connectivity index (χ0n) is 20.4. The Kier molecular flexibility index (Phi) is 6.35. The molecule has 2 aromatic rings. The van der Waals surface area contributed by atoms with Crippen LogP contribution in [0.4, 0.5) is 10.1 Å². The van der Waals surface area contributed by atoms with Gasteiger partial charge in [0.05, 0.1) is 17.2 Å². The number of aliphatic hydroxyl groups is 1. The summed E-state index contributed by atoms with van der Waals surface area (Å²) in [6, 6.07) is 8.33. The van der Waals surface area contributed by atoms with Gasteiger partial charge in [-0.05, 0) is 54.0 Å². The molecule has 1 aliphatic carbocycles. The first-order chi connectivity index (χ1) is 16.9. The van der Waals surface area contributed by atoms with Crippen LogP contribution in [-0.2, 0) is 15.0 Å². The highest BCUT2D eigenvalue weighted by Gasteiger charge is 2.66. The minimum absolute atomic E-state index is 0.0714. The second-order valence-electron chi connectivity index (χ2n) is 11.4. The van der Waals surface area contributed by atoms with Gasteiger partial charge in [0.1, 0.15) is 11.2 Å². The molecule has 3 aliphatic rings. The summed E-state index contributed by atoms with van der Waals surface area (Å²) in [7, 11) is 0. The normalized spacial score (nSPS) is 31.2. The number of halogens is 3. The number of carbonyl (C=O) groups is 2. The summed E-state index contributed by atoms with van der Waals surface area (Å²) < 4.78 is 15.7. The molecule has 1 saturated carbocycles. The van der Waals surface area contributed by atoms with Crippen molar-refractivity contribution >= 4 is 40.7 Å². The number of amides is 2. The molecule has 4 atom stereocenters. The molecular weight excluding hydrogens is 504 g/mol. The van der Waals surface area contributed by atoms with Crippen molar-refractivity contribution in [3.63, 3.8) is 0 Å². The van der Waals surface area contributed by atoms with Crippen LogP contribution in [0.25, 0.3) is 0 Å². The quantitative estimate of drug-likeness (QED) is 0.465. The lowest BCUT2D eigenvalue weighted by atomic mass is 9.62. The number of fused-ring (bicyclic) bond motifs is 2. The molecule has 2 amide bonds. The molecule has 2 aliphatic heterocycles. The molecule has 5 rings (SSSR count). The first kappa shape index (κ1) is 25.5. The van der Waals surface area contributed by atoms with Crippen molar-refractivity contribution in [1.29, 1.82) is 0 Å². The second kappa shape index (κ2) is 8.98. The molecule has 9 heteroatoms. The molecule has 0 unspecified atom stereocenters. The Hall–Kier alpha value is -2.19. The number of carbonyl (C=O) groups excluding carboxylic acids is 2. The van der Waals surface area contributed by atoms with Gasteiger partial charge in [-0.15, -0.1) is 0 Å². The third kappa shape index (κ3) is 4.10. The van der Waals surface area contributed by atoms with E-state index in [1.54, 1.807) is 30.3 Å². The lowest BCUT2D eigenvalue weighted by molar-refractivity contribution is -0.125. The van der Waals surface area contributed by atoms with E-state index in [2.05, 4.69) is 36.7 Å². The van der Waals surface area contributed by atoms with E-state index < -0.39 is 35.3 Å². The Bertz CT molecular complexity index is 1230. The first-order valence-corrected chi connectivity index (χ1v) is 13.0. The smallest absolute Gasteiger partial charge is 0.238 e. The number of nitrogens with one attached hydrogen (secondary N) is 3. The molecule has 2 heterocycles. The fourth-order valence-corrected chi connectivity index (χ4v) is 6.50. The molecule has 192 valence electrons. The minimum Gasteiger partial charge on any atom is -0.393 e. The van der Waals surface area contributed by atoms with E-state index in [0.717, 1.165) is 0 Å². The number of hydrogen-bond donors (Lipinski definition) is 4. The van der Waals surface area contributed by atoms with E-state index in [-0.39, 0.29) is 33.9 Å². The van der Waals surface area contributed by atoms with Crippen molar-refractivity contribution in [1.82, 2.24) is 10.6 Å². The zero-order valence-corrected chi connectivity index (χ0v) is 21.9. The third-order valence-electron chi connectivity index (χ3n) is 7.68. The van der Waals surface area contributed by atoms with Crippen LogP contribution in [0.1, 0.15) is 57.1 Å². The van der Waals surface area contributed by atoms with Crippen molar-refractivity contribution in [2.24, 2.45) is 5.41 Å². The SMILES string of the molecule is CC(C)(C)C[C@H]1N[C@@H](C(=O)N[C@H]2C[C@@H](O)C2)[C@H](c2cccc(Cl)c2F)[C@@]12C(=O)Nc1cc(Cl)ccc12. The Morgan fingerprint density at radius 3 is 2.61 bits per heavy atom. The van der Waals surface area contributed by atoms with E-state index in [9.17, 15) is 14.7 Å². The average Bonchev–Trinajstić information content (AvgIpc) is 3.23. The van der Waals surface area contributed by atoms with Crippen molar-refractivity contribution in [2.75, 3.05) is 5.32 Å². The van der Waals surface area contributed by atoms with Crippen LogP contribution in [0.5, 0.6) is 0 Å². The van der Waals surface area contributed by atoms with Gasteiger partial charge in [0.2, 0.25) is 11.8 Å². The van der Waals surface area contributed by atoms with Crippen LogP contribution in [0.2, 0.25) is 10.0 Å². The van der Waals surface area contributed by atoms with Crippen molar-refractivity contribution < 1.29 is 19.1 Å². The van der Waals surface area contributed by atoms with E-state index >= 15 is 4.39 Å². The van der Waals surface area contributed by atoms with Gasteiger partial charge in [-0.25, -0.2) is 4.39 Å². The van der Waals surface area contributed by atoms with Crippen molar-refractivity contribution in [3.8, 4) is 0 Å². The minimum atomic E-state index is -1.28. The van der Waals surface area contributed by atoms with Crippen LogP contribution in [-0.4, -0.2) is 41.2 Å². The molecule has 0 aromatic heterocycles. The molecule has 36 heavy (non-hydrogen) atoms. The van der Waals surface area contributed by atoms with Crippen LogP contribution in [0, 0.1) is 11.2 Å². The van der Waals surface area contributed by atoms with E-state index in [0.29, 0.717) is 35.5 Å². The fraction of sp³-hybridized carbons (Fsp3) is 0.481. The number of rotatable bonds is 4. The van der Waals surface area contributed by atoms with Gasteiger partial charge in [-0.2, -0.15) is 0 Å². The average molecular weight is 534 g/mol. The third-order valence-corrected chi connectivity index (χ3v) is 8.21. The lowest BCUT2D eigenvalue weighted by Crippen LogP contribution is -2.53. The summed E-state index contributed by atoms with van der Waals surface area (Å²) in [6.07, 6.45) is 1.04. The Balaban J connectivity index is 1.71. The van der Waals surface area contributed by atoms with E-state index in [1.165, 1.54) is 6.07 Å². The highest BCUT2D eigenvalue weighted by molar-refractivity contribution is 6.31. The Morgan fingerprint density at radius 1 is 1.22 bits per heavy atom. The molecule has 1 spiro atoms.